The molecule has 0 spiro atoms. The number of hydrogen-bond acceptors (Lipinski definition) is 3. The molecule has 0 aromatic heterocycles. The first-order valence-electron chi connectivity index (χ1n) is 6.79. The van der Waals surface area contributed by atoms with Gasteiger partial charge < -0.3 is 20.1 Å². The Labute approximate surface area is 134 Å². The van der Waals surface area contributed by atoms with Gasteiger partial charge in [-0.1, -0.05) is 13.8 Å². The third-order valence-corrected chi connectivity index (χ3v) is 2.29. The minimum absolute atomic E-state index is 0. The van der Waals surface area contributed by atoms with Crippen molar-refractivity contribution in [2.45, 2.75) is 27.2 Å². The molecule has 0 aliphatic rings. The molecule has 0 atom stereocenters. The Kier molecular flexibility index (Phi) is 17.8. The average molecular weight is 387 g/mol. The lowest BCUT2D eigenvalue weighted by atomic mass is 10.1. The van der Waals surface area contributed by atoms with Crippen LogP contribution in [0.15, 0.2) is 4.99 Å². The maximum absolute atomic E-state index is 5.38. The van der Waals surface area contributed by atoms with E-state index >= 15 is 0 Å². The van der Waals surface area contributed by atoms with Crippen LogP contribution < -0.4 is 10.6 Å². The van der Waals surface area contributed by atoms with Gasteiger partial charge in [0.1, 0.15) is 0 Å². The second-order valence-electron chi connectivity index (χ2n) is 4.48. The highest BCUT2D eigenvalue weighted by atomic mass is 127. The van der Waals surface area contributed by atoms with E-state index in [1.54, 1.807) is 7.11 Å². The lowest BCUT2D eigenvalue weighted by molar-refractivity contribution is 0.0733. The molecule has 0 bridgehead atoms. The van der Waals surface area contributed by atoms with Crippen molar-refractivity contribution in [3.63, 3.8) is 0 Å². The Morgan fingerprint density at radius 1 is 1.16 bits per heavy atom. The summed E-state index contributed by atoms with van der Waals surface area (Å²) >= 11 is 0. The summed E-state index contributed by atoms with van der Waals surface area (Å²) in [6, 6.07) is 0. The van der Waals surface area contributed by atoms with E-state index in [0.717, 1.165) is 32.0 Å². The molecule has 0 saturated heterocycles. The Morgan fingerprint density at radius 2 is 1.89 bits per heavy atom. The van der Waals surface area contributed by atoms with Crippen LogP contribution in [-0.4, -0.2) is 52.5 Å². The van der Waals surface area contributed by atoms with Gasteiger partial charge in [0.2, 0.25) is 0 Å². The Bertz CT molecular complexity index is 214. The predicted octanol–water partition coefficient (Wildman–Crippen LogP) is 1.87. The molecule has 0 aromatic carbocycles. The van der Waals surface area contributed by atoms with Crippen LogP contribution in [0.3, 0.4) is 0 Å². The summed E-state index contributed by atoms with van der Waals surface area (Å²) in [5, 5.41) is 6.46. The van der Waals surface area contributed by atoms with Crippen molar-refractivity contribution < 1.29 is 9.47 Å². The molecule has 2 N–H and O–H groups in total. The molecule has 116 valence electrons. The van der Waals surface area contributed by atoms with Gasteiger partial charge in [0, 0.05) is 26.7 Å². The number of aliphatic imine (C=N–C) groups is 1. The topological polar surface area (TPSA) is 54.9 Å². The van der Waals surface area contributed by atoms with Crippen molar-refractivity contribution in [1.82, 2.24) is 10.6 Å². The average Bonchev–Trinajstić information content (AvgIpc) is 2.33. The largest absolute Gasteiger partial charge is 0.382 e. The fourth-order valence-corrected chi connectivity index (χ4v) is 1.26. The van der Waals surface area contributed by atoms with E-state index in [4.69, 9.17) is 9.47 Å². The smallest absolute Gasteiger partial charge is 0.191 e. The van der Waals surface area contributed by atoms with Crippen LogP contribution in [0.25, 0.3) is 0 Å². The Morgan fingerprint density at radius 3 is 2.47 bits per heavy atom. The van der Waals surface area contributed by atoms with Gasteiger partial charge in [-0.25, -0.2) is 0 Å². The maximum atomic E-state index is 5.38. The molecule has 0 rings (SSSR count). The molecule has 0 radical (unpaired) electrons. The minimum Gasteiger partial charge on any atom is -0.382 e. The summed E-state index contributed by atoms with van der Waals surface area (Å²) in [5.74, 6) is 1.56. The minimum atomic E-state index is 0. The number of nitrogens with one attached hydrogen (secondary N) is 2. The molecular formula is C13H30IN3O2. The van der Waals surface area contributed by atoms with Gasteiger partial charge in [-0.05, 0) is 19.3 Å². The molecule has 0 fully saturated rings. The third-order valence-electron chi connectivity index (χ3n) is 2.29. The molecular weight excluding hydrogens is 357 g/mol. The predicted molar refractivity (Wildman–Crippen MR) is 91.5 cm³/mol. The SMILES string of the molecule is CCNC(=NCCC(C)C)NCCOCCOC.I. The molecule has 0 aromatic rings. The van der Waals surface area contributed by atoms with E-state index in [0.29, 0.717) is 25.7 Å². The van der Waals surface area contributed by atoms with E-state index in [1.807, 2.05) is 0 Å². The van der Waals surface area contributed by atoms with Crippen molar-refractivity contribution in [2.75, 3.05) is 46.6 Å². The fourth-order valence-electron chi connectivity index (χ4n) is 1.26. The zero-order valence-electron chi connectivity index (χ0n) is 12.7. The Hall–Kier alpha value is -0.0800. The molecule has 0 saturated carbocycles. The molecule has 0 unspecified atom stereocenters. The van der Waals surface area contributed by atoms with Gasteiger partial charge in [-0.15, -0.1) is 24.0 Å². The van der Waals surface area contributed by atoms with E-state index in [1.165, 1.54) is 0 Å². The van der Waals surface area contributed by atoms with Crippen LogP contribution in [0.2, 0.25) is 0 Å². The lowest BCUT2D eigenvalue weighted by Crippen LogP contribution is -2.39. The van der Waals surface area contributed by atoms with Crippen LogP contribution in [-0.2, 0) is 9.47 Å². The molecule has 5 nitrogen and oxygen atoms in total. The van der Waals surface area contributed by atoms with Crippen molar-refractivity contribution in [3.8, 4) is 0 Å². The maximum Gasteiger partial charge on any atom is 0.191 e. The van der Waals surface area contributed by atoms with Crippen molar-refractivity contribution in [1.29, 1.82) is 0 Å². The number of halogens is 1. The molecule has 0 amide bonds. The monoisotopic (exact) mass is 387 g/mol. The van der Waals surface area contributed by atoms with E-state index in [-0.39, 0.29) is 24.0 Å². The second kappa shape index (κ2) is 16.0. The van der Waals surface area contributed by atoms with Gasteiger partial charge in [-0.3, -0.25) is 4.99 Å². The molecule has 0 aliphatic heterocycles. The summed E-state index contributed by atoms with van der Waals surface area (Å²) in [7, 11) is 1.67. The first-order valence-corrected chi connectivity index (χ1v) is 6.79. The van der Waals surface area contributed by atoms with E-state index < -0.39 is 0 Å². The Balaban J connectivity index is 0. The molecule has 0 heterocycles. The zero-order valence-corrected chi connectivity index (χ0v) is 15.0. The number of nitrogens with zero attached hydrogens (tertiary/aromatic N) is 1. The van der Waals surface area contributed by atoms with Gasteiger partial charge in [-0.2, -0.15) is 0 Å². The number of ether oxygens (including phenoxy) is 2. The highest BCUT2D eigenvalue weighted by molar-refractivity contribution is 14.0. The summed E-state index contributed by atoms with van der Waals surface area (Å²) in [4.78, 5) is 4.50. The summed E-state index contributed by atoms with van der Waals surface area (Å²) in [5.41, 5.74) is 0. The van der Waals surface area contributed by atoms with Gasteiger partial charge in [0.05, 0.1) is 19.8 Å². The number of rotatable bonds is 10. The van der Waals surface area contributed by atoms with E-state index in [2.05, 4.69) is 36.4 Å². The molecule has 19 heavy (non-hydrogen) atoms. The second-order valence-corrected chi connectivity index (χ2v) is 4.48. The highest BCUT2D eigenvalue weighted by Gasteiger charge is 1.97. The van der Waals surface area contributed by atoms with Gasteiger partial charge in [0.25, 0.3) is 0 Å². The van der Waals surface area contributed by atoms with Crippen molar-refractivity contribution >= 4 is 29.9 Å². The van der Waals surface area contributed by atoms with Crippen LogP contribution >= 0.6 is 24.0 Å². The van der Waals surface area contributed by atoms with Crippen molar-refractivity contribution in [2.24, 2.45) is 10.9 Å². The van der Waals surface area contributed by atoms with Crippen LogP contribution in [0, 0.1) is 5.92 Å². The molecule has 0 aliphatic carbocycles. The first kappa shape index (κ1) is 21.2. The zero-order chi connectivity index (χ0) is 13.6. The van der Waals surface area contributed by atoms with Gasteiger partial charge >= 0.3 is 0 Å². The third kappa shape index (κ3) is 15.9. The first-order chi connectivity index (χ1) is 8.70. The van der Waals surface area contributed by atoms with Gasteiger partial charge in [0.15, 0.2) is 5.96 Å². The number of guanidine groups is 1. The number of methoxy groups -OCH3 is 1. The van der Waals surface area contributed by atoms with Crippen LogP contribution in [0.5, 0.6) is 0 Å². The summed E-state index contributed by atoms with van der Waals surface area (Å²) in [6.45, 7) is 10.9. The summed E-state index contributed by atoms with van der Waals surface area (Å²) in [6.07, 6.45) is 1.11. The highest BCUT2D eigenvalue weighted by Crippen LogP contribution is 1.98. The molecule has 6 heteroatoms. The van der Waals surface area contributed by atoms with Crippen molar-refractivity contribution in [3.05, 3.63) is 0 Å². The standard InChI is InChI=1S/C13H29N3O2.HI/c1-5-14-13(15-7-6-12(2)3)16-8-9-18-11-10-17-4;/h12H,5-11H2,1-4H3,(H2,14,15,16);1H. The fraction of sp³-hybridized carbons (Fsp3) is 0.923. The van der Waals surface area contributed by atoms with Crippen LogP contribution in [0.4, 0.5) is 0 Å². The lowest BCUT2D eigenvalue weighted by Gasteiger charge is -2.11. The number of hydrogen-bond donors (Lipinski definition) is 2. The normalized spacial score (nSPS) is 11.3. The summed E-state index contributed by atoms with van der Waals surface area (Å²) < 4.78 is 10.3. The van der Waals surface area contributed by atoms with Crippen LogP contribution in [0.1, 0.15) is 27.2 Å². The van der Waals surface area contributed by atoms with E-state index in [9.17, 15) is 0 Å². The quantitative estimate of drug-likeness (QED) is 0.260.